The molecule has 0 bridgehead atoms. The van der Waals surface area contributed by atoms with Crippen molar-refractivity contribution in [1.82, 2.24) is 46.6 Å². The third-order valence-corrected chi connectivity index (χ3v) is 18.9. The Balaban J connectivity index is 0.946. The molecule has 1 aromatic heterocycles. The van der Waals surface area contributed by atoms with Crippen LogP contribution in [0.3, 0.4) is 0 Å². The molecule has 3 aromatic carbocycles. The zero-order valence-corrected chi connectivity index (χ0v) is 52.9. The number of nitrogens with two attached hydrogens (primary N) is 1. The van der Waals surface area contributed by atoms with Gasteiger partial charge in [0.2, 0.25) is 35.4 Å². The molecule has 30 nitrogen and oxygen atoms in total. The summed E-state index contributed by atoms with van der Waals surface area (Å²) >= 11 is 1.42. The zero-order valence-electron chi connectivity index (χ0n) is 51.2. The summed E-state index contributed by atoms with van der Waals surface area (Å²) in [5.41, 5.74) is 8.54. The van der Waals surface area contributed by atoms with Crippen molar-refractivity contribution in [3.05, 3.63) is 77.9 Å². The van der Waals surface area contributed by atoms with E-state index >= 15 is 0 Å². The molecular weight excluding hydrogens is 1250 g/mol. The number of phenols is 1. The number of nitrogens with one attached hydrogen (secondary N) is 5. The third kappa shape index (κ3) is 17.6. The number of carbonyl (C=O) groups excluding carboxylic acids is 7. The van der Waals surface area contributed by atoms with Crippen molar-refractivity contribution >= 4 is 70.7 Å². The van der Waals surface area contributed by atoms with Crippen LogP contribution >= 0.6 is 23.7 Å². The maximum atomic E-state index is 14.7. The Bertz CT molecular complexity index is 3230. The minimum atomic E-state index is -2.10. The molecule has 9 rings (SSSR count). The number of piperidine rings is 1. The summed E-state index contributed by atoms with van der Waals surface area (Å²) in [7, 11) is 0. The van der Waals surface area contributed by atoms with Crippen LogP contribution in [-0.4, -0.2) is 227 Å². The molecule has 7 amide bonds. The van der Waals surface area contributed by atoms with Gasteiger partial charge in [-0.2, -0.15) is 0 Å². The van der Waals surface area contributed by atoms with Crippen LogP contribution in [0.1, 0.15) is 94.0 Å². The molecule has 93 heavy (non-hydrogen) atoms. The van der Waals surface area contributed by atoms with Gasteiger partial charge >= 0.3 is 0 Å². The number of fused-ring (bicyclic) bond motifs is 2. The molecule has 1 saturated carbocycles. The van der Waals surface area contributed by atoms with Crippen LogP contribution in [0.2, 0.25) is 0 Å². The van der Waals surface area contributed by atoms with E-state index in [4.69, 9.17) is 19.9 Å². The highest BCUT2D eigenvalue weighted by atomic mass is 32.2. The second-order valence-electron chi connectivity index (χ2n) is 24.3. The number of amides is 7. The van der Waals surface area contributed by atoms with Gasteiger partial charge in [0.25, 0.3) is 18.2 Å². The lowest BCUT2D eigenvalue weighted by molar-refractivity contribution is -0.433. The lowest BCUT2D eigenvalue weighted by Gasteiger charge is -2.36. The Morgan fingerprint density at radius 2 is 1.39 bits per heavy atom. The summed E-state index contributed by atoms with van der Waals surface area (Å²) in [6.07, 6.45) is -3.54. The second kappa shape index (κ2) is 32.3. The number of anilines is 1. The fourth-order valence-corrected chi connectivity index (χ4v) is 13.5. The van der Waals surface area contributed by atoms with E-state index in [0.717, 1.165) is 72.8 Å². The van der Waals surface area contributed by atoms with Gasteiger partial charge in [-0.25, -0.2) is 5.26 Å². The van der Waals surface area contributed by atoms with Gasteiger partial charge in [-0.1, -0.05) is 65.1 Å². The van der Waals surface area contributed by atoms with Crippen LogP contribution in [0.15, 0.2) is 66.7 Å². The fourth-order valence-electron chi connectivity index (χ4n) is 12.4. The van der Waals surface area contributed by atoms with Crippen molar-refractivity contribution < 1.29 is 92.9 Å². The first kappa shape index (κ1) is 70.1. The number of nitrogens with zero attached hydrogens (tertiary/aromatic N) is 5. The number of ether oxygens (including phenoxy) is 1. The first-order valence-corrected chi connectivity index (χ1v) is 32.6. The quantitative estimate of drug-likeness (QED) is 0.0260. The van der Waals surface area contributed by atoms with Crippen molar-refractivity contribution in [1.29, 1.82) is 0 Å². The molecule has 32 heteroatoms. The number of benzene rings is 3. The zero-order chi connectivity index (χ0) is 66.6. The summed E-state index contributed by atoms with van der Waals surface area (Å²) in [4.78, 5) is 106. The number of phenolic OH excluding ortho intramolecular Hbond substituents is 1. The minimum absolute atomic E-state index is 0.0332. The highest BCUT2D eigenvalue weighted by molar-refractivity contribution is 7.90. The average molecular weight is 1340 g/mol. The van der Waals surface area contributed by atoms with Crippen LogP contribution in [-0.2, 0) is 49.3 Å². The van der Waals surface area contributed by atoms with Gasteiger partial charge in [-0.3, -0.25) is 33.6 Å². The standard InChI is InChI=1S/C61H81N11O19S2/c1-31-29-72-51(52(31)79)57(84)63-28-38(74)26-42(64-53(80)34-9-11-35(12-10-34)58-68-69-59(92-58)36-13-15-37(16-14-36)70-22-19-41(20-23-70)88-40-6-4-3-5-7-40)54(81)65-48(32(2)73)60(85)71-30-39(75)27-43(71)55(82)66-49(56(83)67-50(61(72)86)45(77)18-21-62)46(78)24-33-8-17-44(76)47(25-33)89-93-91-90-87/h8-17,25,31-32,38-43,45-46,48-52,73-79,87H,3-7,18-24,26-30,62H2,1-2H3,(H,63,84)(H,64,80)(H,65,81)(H,66,82)(H,67,83)/t31-,32+,38+,39+,42+,43+,45-,46-,48+,49+,50+,51+,52+/m1/s1. The Hall–Kier alpha value is -7.18. The minimum Gasteiger partial charge on any atom is -0.504 e. The fraction of sp³-hybridized carbons (Fsp3) is 0.557. The van der Waals surface area contributed by atoms with E-state index < -0.39 is 158 Å². The molecule has 4 aliphatic heterocycles. The highest BCUT2D eigenvalue weighted by Gasteiger charge is 2.50. The molecule has 4 aromatic rings. The molecule has 5 fully saturated rings. The highest BCUT2D eigenvalue weighted by Crippen LogP contribution is 2.35. The van der Waals surface area contributed by atoms with E-state index in [0.29, 0.717) is 21.7 Å². The molecule has 506 valence electrons. The van der Waals surface area contributed by atoms with Crippen LogP contribution in [0.4, 0.5) is 5.69 Å². The van der Waals surface area contributed by atoms with Gasteiger partial charge in [0, 0.05) is 80.3 Å². The Morgan fingerprint density at radius 1 is 0.753 bits per heavy atom. The number of hydrogen-bond donors (Lipinski definition) is 14. The molecule has 15 N–H and O–H groups in total. The van der Waals surface area contributed by atoms with E-state index in [1.165, 1.54) is 61.8 Å². The van der Waals surface area contributed by atoms with Gasteiger partial charge in [-0.05, 0) is 99.7 Å². The number of aliphatic hydroxyl groups is 6. The normalized spacial score (nSPS) is 27.0. The number of aromatic nitrogens is 2. The van der Waals surface area contributed by atoms with Gasteiger partial charge in [0.15, 0.2) is 11.5 Å². The summed E-state index contributed by atoms with van der Waals surface area (Å²) < 4.78 is 15.8. The van der Waals surface area contributed by atoms with E-state index in [2.05, 4.69) is 63.2 Å². The number of aromatic hydroxyl groups is 1. The van der Waals surface area contributed by atoms with Crippen LogP contribution in [0.25, 0.3) is 21.1 Å². The lowest BCUT2D eigenvalue weighted by Crippen LogP contribution is -2.64. The van der Waals surface area contributed by atoms with Gasteiger partial charge in [0.05, 0.1) is 48.8 Å². The summed E-state index contributed by atoms with van der Waals surface area (Å²) in [6, 6.07) is 6.81. The van der Waals surface area contributed by atoms with Crippen molar-refractivity contribution in [3.8, 4) is 32.6 Å². The smallest absolute Gasteiger partial charge is 0.261 e. The van der Waals surface area contributed by atoms with Crippen LogP contribution < -0.4 is 41.4 Å². The average Bonchev–Trinajstić information content (AvgIpc) is 1.70. The molecule has 5 heterocycles. The Labute approximate surface area is 543 Å². The van der Waals surface area contributed by atoms with Crippen molar-refractivity contribution in [2.75, 3.05) is 44.2 Å². The topological polar surface area (TPSA) is 440 Å². The first-order valence-electron chi connectivity index (χ1n) is 31.1. The SMILES string of the molecule is C[C@H](O)[C@@H]1NC(=O)[C@@H](NC(=O)c2ccc(-c3nnc(-c4ccc(N5CCC(OC6CCCCC6)CC5)cc4)s3)cc2)C[C@H](O)CNC(=O)[C@@H]2[C@@H](O)[C@H](C)CN2C(=O)[C@H]([C@H](O)CCN)NC(=O)[C@H]([C@H](O)Cc2ccc(O)c(OSOOO)c2)NC(=O)[C@@H]2C[C@H](O)CN2C1=O. The molecule has 0 spiro atoms. The number of rotatable bonds is 18. The molecule has 4 saturated heterocycles. The Kier molecular flexibility index (Phi) is 24.4. The van der Waals surface area contributed by atoms with E-state index in [-0.39, 0.29) is 54.8 Å². The van der Waals surface area contributed by atoms with Gasteiger partial charge in [0.1, 0.15) is 46.3 Å². The monoisotopic (exact) mass is 1340 g/mol. The molecule has 0 radical (unpaired) electrons. The summed E-state index contributed by atoms with van der Waals surface area (Å²) in [5, 5.41) is 113. The van der Waals surface area contributed by atoms with E-state index in [1.54, 1.807) is 12.1 Å². The molecule has 1 aliphatic carbocycles. The van der Waals surface area contributed by atoms with Crippen LogP contribution in [0, 0.1) is 5.92 Å². The number of aliphatic hydroxyl groups excluding tert-OH is 6. The molecule has 0 unspecified atom stereocenters. The summed E-state index contributed by atoms with van der Waals surface area (Å²) in [5.74, 6) is -9.28. The van der Waals surface area contributed by atoms with Crippen molar-refractivity contribution in [2.24, 2.45) is 11.7 Å². The maximum absolute atomic E-state index is 14.7. The van der Waals surface area contributed by atoms with Gasteiger partial charge in [-0.15, -0.1) is 10.2 Å². The van der Waals surface area contributed by atoms with Crippen molar-refractivity contribution in [3.63, 3.8) is 0 Å². The predicted octanol–water partition coefficient (Wildman–Crippen LogP) is -0.444. The maximum Gasteiger partial charge on any atom is 0.261 e. The van der Waals surface area contributed by atoms with Crippen molar-refractivity contribution in [2.45, 2.75) is 170 Å². The Morgan fingerprint density at radius 3 is 2.04 bits per heavy atom. The number of carbonyl (C=O) groups is 7. The van der Waals surface area contributed by atoms with Gasteiger partial charge < -0.3 is 91.7 Å². The summed E-state index contributed by atoms with van der Waals surface area (Å²) in [6.45, 7) is 2.69. The molecule has 5 aliphatic rings. The lowest BCUT2D eigenvalue weighted by atomic mass is 9.97. The van der Waals surface area contributed by atoms with E-state index in [1.807, 2.05) is 12.1 Å². The van der Waals surface area contributed by atoms with E-state index in [9.17, 15) is 69.3 Å². The second-order valence-corrected chi connectivity index (χ2v) is 25.7. The molecule has 13 atom stereocenters. The number of β-amino-alcohol motifs (C(OH)–C–C–N with tert-alkyl or cyclic N) is 1. The largest absolute Gasteiger partial charge is 0.504 e. The molecular formula is C61H81N11O19S2. The predicted molar refractivity (Wildman–Crippen MR) is 334 cm³/mol. The van der Waals surface area contributed by atoms with Crippen LogP contribution in [0.5, 0.6) is 11.5 Å². The third-order valence-electron chi connectivity index (χ3n) is 17.5. The first-order chi connectivity index (χ1) is 44.6. The number of hydrogen-bond acceptors (Lipinski definition) is 25.